The maximum Gasteiger partial charge on any atom is 0.303 e. The monoisotopic (exact) mass is 554 g/mol. The Morgan fingerprint density at radius 1 is 1.02 bits per heavy atom. The fourth-order valence-electron chi connectivity index (χ4n) is 5.45. The molecule has 2 aromatic rings. The van der Waals surface area contributed by atoms with Crippen molar-refractivity contribution in [3.63, 3.8) is 0 Å². The van der Waals surface area contributed by atoms with Crippen molar-refractivity contribution in [1.82, 2.24) is 4.90 Å². The molecule has 1 spiro atoms. The lowest BCUT2D eigenvalue weighted by molar-refractivity contribution is -0.255. The van der Waals surface area contributed by atoms with Crippen molar-refractivity contribution >= 4 is 17.6 Å². The molecule has 3 heterocycles. The van der Waals surface area contributed by atoms with E-state index in [-0.39, 0.29) is 18.8 Å². The van der Waals surface area contributed by atoms with Crippen molar-refractivity contribution in [3.8, 4) is 0 Å². The summed E-state index contributed by atoms with van der Waals surface area (Å²) in [7, 11) is 0. The van der Waals surface area contributed by atoms with Crippen LogP contribution < -0.4 is 5.32 Å². The molecular weight excluding hydrogens is 516 g/mol. The van der Waals surface area contributed by atoms with E-state index in [4.69, 9.17) is 23.7 Å². The van der Waals surface area contributed by atoms with E-state index < -0.39 is 30.1 Å². The van der Waals surface area contributed by atoms with Gasteiger partial charge in [0.25, 0.3) is 5.91 Å². The van der Waals surface area contributed by atoms with E-state index in [2.05, 4.69) is 10.2 Å². The van der Waals surface area contributed by atoms with Crippen molar-refractivity contribution in [2.75, 3.05) is 38.2 Å². The number of nitrogens with one attached hydrogen (secondary N) is 1. The van der Waals surface area contributed by atoms with Gasteiger partial charge in [-0.2, -0.15) is 0 Å². The second kappa shape index (κ2) is 12.8. The highest BCUT2D eigenvalue weighted by atomic mass is 16.7. The van der Waals surface area contributed by atoms with Crippen LogP contribution in [0.3, 0.4) is 0 Å². The Balaban J connectivity index is 1.26. The summed E-state index contributed by atoms with van der Waals surface area (Å²) >= 11 is 0. The average molecular weight is 555 g/mol. The topological polar surface area (TPSA) is 116 Å². The van der Waals surface area contributed by atoms with E-state index in [0.29, 0.717) is 25.3 Å². The lowest BCUT2D eigenvalue weighted by Gasteiger charge is -2.41. The Morgan fingerprint density at radius 2 is 1.68 bits per heavy atom. The summed E-state index contributed by atoms with van der Waals surface area (Å²) in [5.74, 6) is -1.33. The van der Waals surface area contributed by atoms with E-state index in [9.17, 15) is 14.7 Å². The van der Waals surface area contributed by atoms with Crippen LogP contribution in [0.5, 0.6) is 0 Å². The van der Waals surface area contributed by atoms with Crippen molar-refractivity contribution < 1.29 is 38.4 Å². The van der Waals surface area contributed by atoms with E-state index in [1.165, 1.54) is 13.8 Å². The van der Waals surface area contributed by atoms with Gasteiger partial charge in [0.2, 0.25) is 0 Å². The Kier molecular flexibility index (Phi) is 9.14. The van der Waals surface area contributed by atoms with Gasteiger partial charge in [-0.25, -0.2) is 0 Å². The maximum atomic E-state index is 12.3. The molecule has 216 valence electrons. The minimum absolute atomic E-state index is 0.00735. The van der Waals surface area contributed by atoms with Gasteiger partial charge in [-0.1, -0.05) is 36.4 Å². The Labute approximate surface area is 234 Å². The minimum atomic E-state index is -0.891. The smallest absolute Gasteiger partial charge is 0.303 e. The summed E-state index contributed by atoms with van der Waals surface area (Å²) in [6, 6.07) is 15.1. The van der Waals surface area contributed by atoms with E-state index in [0.717, 1.165) is 49.2 Å². The number of carbonyl (C=O) groups is 2. The van der Waals surface area contributed by atoms with Crippen molar-refractivity contribution in [3.05, 3.63) is 65.2 Å². The van der Waals surface area contributed by atoms with Crippen LogP contribution in [0.25, 0.3) is 0 Å². The van der Waals surface area contributed by atoms with Crippen molar-refractivity contribution in [2.45, 2.75) is 70.1 Å². The summed E-state index contributed by atoms with van der Waals surface area (Å²) in [5.41, 5.74) is 3.29. The highest BCUT2D eigenvalue weighted by Crippen LogP contribution is 2.39. The highest BCUT2D eigenvalue weighted by molar-refractivity contribution is 5.94. The molecule has 3 saturated heterocycles. The number of rotatable bonds is 8. The van der Waals surface area contributed by atoms with Crippen LogP contribution in [-0.2, 0) is 39.9 Å². The van der Waals surface area contributed by atoms with Gasteiger partial charge in [0.15, 0.2) is 18.2 Å². The first kappa shape index (κ1) is 28.7. The second-order valence-electron chi connectivity index (χ2n) is 10.6. The lowest BCUT2D eigenvalue weighted by atomic mass is 9.98. The molecule has 10 nitrogen and oxygen atoms in total. The Morgan fingerprint density at radius 3 is 2.30 bits per heavy atom. The zero-order chi connectivity index (χ0) is 28.1. The number of nitrogens with zero attached hydrogens (tertiary/aromatic N) is 1. The van der Waals surface area contributed by atoms with Crippen LogP contribution in [0.1, 0.15) is 62.2 Å². The SMILES string of the molecule is CC(=O)O[C@@H](C)C(=O)Nc1ccc([C@@H]2O[C@H](CN3CCC4(CC3)OCCO4)C[C@H](c3ccc(CO)cc3)O2)cc1. The minimum Gasteiger partial charge on any atom is -0.453 e. The van der Waals surface area contributed by atoms with Crippen LogP contribution in [0.15, 0.2) is 48.5 Å². The first-order chi connectivity index (χ1) is 19.3. The third-order valence-electron chi connectivity index (χ3n) is 7.67. The molecule has 0 aliphatic carbocycles. The predicted molar refractivity (Wildman–Crippen MR) is 145 cm³/mol. The van der Waals surface area contributed by atoms with E-state index in [1.807, 2.05) is 36.4 Å². The third-order valence-corrected chi connectivity index (χ3v) is 7.67. The fraction of sp³-hybridized carbons (Fsp3) is 0.533. The molecule has 2 aromatic carbocycles. The molecule has 3 aliphatic heterocycles. The lowest BCUT2D eigenvalue weighted by Crippen LogP contribution is -2.48. The van der Waals surface area contributed by atoms with E-state index in [1.54, 1.807) is 12.1 Å². The van der Waals surface area contributed by atoms with Gasteiger partial charge < -0.3 is 39.0 Å². The number of benzene rings is 2. The predicted octanol–water partition coefficient (Wildman–Crippen LogP) is 3.45. The van der Waals surface area contributed by atoms with Crippen molar-refractivity contribution in [2.24, 2.45) is 0 Å². The number of aliphatic hydroxyl groups excluding tert-OH is 1. The van der Waals surface area contributed by atoms with Gasteiger partial charge in [0.1, 0.15) is 0 Å². The molecule has 0 bridgehead atoms. The van der Waals surface area contributed by atoms with Crippen LogP contribution in [0, 0.1) is 0 Å². The van der Waals surface area contributed by atoms with Crippen LogP contribution in [-0.4, -0.2) is 72.7 Å². The zero-order valence-electron chi connectivity index (χ0n) is 23.0. The molecule has 0 saturated carbocycles. The number of ether oxygens (including phenoxy) is 5. The zero-order valence-corrected chi connectivity index (χ0v) is 23.0. The summed E-state index contributed by atoms with van der Waals surface area (Å²) in [6.45, 7) is 6.63. The molecular formula is C30H38N2O8. The van der Waals surface area contributed by atoms with Crippen molar-refractivity contribution in [1.29, 1.82) is 0 Å². The Bertz CT molecular complexity index is 1140. The number of piperidine rings is 1. The highest BCUT2D eigenvalue weighted by Gasteiger charge is 2.41. The normalized spacial score (nSPS) is 25.4. The molecule has 3 aliphatic rings. The molecule has 10 heteroatoms. The standard InChI is InChI=1S/C30H38N2O8/c1-20(38-21(2)34)28(35)31-25-9-7-24(8-10-25)29-39-26(17-27(40-29)23-5-3-22(19-33)4-6-23)18-32-13-11-30(12-14-32)36-15-16-37-30/h3-10,20,26-27,29,33H,11-19H2,1-2H3,(H,31,35)/t20-,26-,27+,29+/m0/s1. The molecule has 5 rings (SSSR count). The first-order valence-corrected chi connectivity index (χ1v) is 13.9. The Hall–Kier alpha value is -2.86. The molecule has 40 heavy (non-hydrogen) atoms. The molecule has 0 unspecified atom stereocenters. The second-order valence-corrected chi connectivity index (χ2v) is 10.6. The summed E-state index contributed by atoms with van der Waals surface area (Å²) < 4.78 is 29.6. The van der Waals surface area contributed by atoms with E-state index >= 15 is 0 Å². The van der Waals surface area contributed by atoms with Gasteiger partial charge in [-0.05, 0) is 30.2 Å². The third kappa shape index (κ3) is 7.06. The maximum absolute atomic E-state index is 12.3. The number of aliphatic hydroxyl groups is 1. The number of carbonyl (C=O) groups excluding carboxylic acids is 2. The van der Waals surface area contributed by atoms with Gasteiger partial charge in [0.05, 0.1) is 32.0 Å². The molecule has 2 N–H and O–H groups in total. The summed E-state index contributed by atoms with van der Waals surface area (Å²) in [6.07, 6.45) is 0.652. The largest absolute Gasteiger partial charge is 0.453 e. The molecule has 1 amide bonds. The molecule has 4 atom stereocenters. The van der Waals surface area contributed by atoms with Gasteiger partial charge in [-0.15, -0.1) is 0 Å². The number of likely N-dealkylation sites (tertiary alicyclic amines) is 1. The van der Waals surface area contributed by atoms with Crippen LogP contribution in [0.2, 0.25) is 0 Å². The molecule has 0 aromatic heterocycles. The number of hydrogen-bond donors (Lipinski definition) is 2. The number of hydrogen-bond acceptors (Lipinski definition) is 9. The first-order valence-electron chi connectivity index (χ1n) is 13.9. The van der Waals surface area contributed by atoms with Crippen LogP contribution >= 0.6 is 0 Å². The summed E-state index contributed by atoms with van der Waals surface area (Å²) in [4.78, 5) is 25.9. The van der Waals surface area contributed by atoms with Crippen LogP contribution in [0.4, 0.5) is 5.69 Å². The number of amides is 1. The number of anilines is 1. The molecule has 3 fully saturated rings. The van der Waals surface area contributed by atoms with Gasteiger partial charge in [-0.3, -0.25) is 9.59 Å². The van der Waals surface area contributed by atoms with Gasteiger partial charge >= 0.3 is 5.97 Å². The summed E-state index contributed by atoms with van der Waals surface area (Å²) in [5, 5.41) is 12.2. The fourth-order valence-corrected chi connectivity index (χ4v) is 5.45. The molecule has 0 radical (unpaired) electrons. The average Bonchev–Trinajstić information content (AvgIpc) is 3.42. The van der Waals surface area contributed by atoms with Gasteiger partial charge in [0, 0.05) is 57.1 Å². The quantitative estimate of drug-likeness (QED) is 0.474. The number of esters is 1.